The Bertz CT molecular complexity index is 1400. The molecular formula is C33H36N2O7. The lowest BCUT2D eigenvalue weighted by Gasteiger charge is -2.23. The number of rotatable bonds is 10. The van der Waals surface area contributed by atoms with Crippen molar-refractivity contribution in [2.75, 3.05) is 13.2 Å². The lowest BCUT2D eigenvalue weighted by atomic mass is 9.93. The van der Waals surface area contributed by atoms with Crippen LogP contribution in [0.25, 0.3) is 22.3 Å². The fourth-order valence-electron chi connectivity index (χ4n) is 5.62. The van der Waals surface area contributed by atoms with Gasteiger partial charge < -0.3 is 28.0 Å². The number of ether oxygens (including phenoxy) is 4. The van der Waals surface area contributed by atoms with Crippen LogP contribution in [0.2, 0.25) is 0 Å². The van der Waals surface area contributed by atoms with Crippen molar-refractivity contribution in [2.24, 2.45) is 0 Å². The Kier molecular flexibility index (Phi) is 8.90. The molecule has 9 nitrogen and oxygen atoms in total. The first kappa shape index (κ1) is 28.5. The Morgan fingerprint density at radius 3 is 1.60 bits per heavy atom. The zero-order valence-corrected chi connectivity index (χ0v) is 24.1. The highest BCUT2D eigenvalue weighted by Crippen LogP contribution is 2.37. The molecule has 0 spiro atoms. The van der Waals surface area contributed by atoms with Gasteiger partial charge in [0.2, 0.25) is 11.5 Å². The maximum atomic E-state index is 14.1. The van der Waals surface area contributed by atoms with Gasteiger partial charge in [0.15, 0.2) is 12.6 Å². The van der Waals surface area contributed by atoms with Crippen LogP contribution >= 0.6 is 0 Å². The molecule has 0 bridgehead atoms. The summed E-state index contributed by atoms with van der Waals surface area (Å²) in [5, 5.41) is 8.36. The molecule has 2 aromatic heterocycles. The Labute approximate surface area is 245 Å². The minimum atomic E-state index is -0.432. The largest absolute Gasteiger partial charge is 0.353 e. The average molecular weight is 573 g/mol. The molecule has 42 heavy (non-hydrogen) atoms. The fourth-order valence-corrected chi connectivity index (χ4v) is 5.62. The number of carbonyl (C=O) groups excluding carboxylic acids is 1. The number of benzene rings is 2. The van der Waals surface area contributed by atoms with Crippen LogP contribution in [0.1, 0.15) is 77.4 Å². The first-order valence-corrected chi connectivity index (χ1v) is 14.7. The summed E-state index contributed by atoms with van der Waals surface area (Å²) in [6, 6.07) is 15.6. The normalized spacial score (nSPS) is 19.2. The molecule has 220 valence electrons. The minimum absolute atomic E-state index is 0.0932. The molecule has 2 unspecified atom stereocenters. The van der Waals surface area contributed by atoms with Gasteiger partial charge in [-0.15, -0.1) is 0 Å². The summed E-state index contributed by atoms with van der Waals surface area (Å²) in [7, 11) is 0. The minimum Gasteiger partial charge on any atom is -0.353 e. The summed E-state index contributed by atoms with van der Waals surface area (Å²) in [6.07, 6.45) is 5.54. The Balaban J connectivity index is 1.30. The molecule has 2 aliphatic heterocycles. The monoisotopic (exact) mass is 572 g/mol. The van der Waals surface area contributed by atoms with Crippen molar-refractivity contribution in [3.8, 4) is 22.3 Å². The summed E-state index contributed by atoms with van der Waals surface area (Å²) in [4.78, 5) is 14.1. The molecule has 0 amide bonds. The van der Waals surface area contributed by atoms with Crippen molar-refractivity contribution in [3.05, 3.63) is 82.6 Å². The van der Waals surface area contributed by atoms with Gasteiger partial charge in [-0.25, -0.2) is 0 Å². The zero-order chi connectivity index (χ0) is 28.9. The molecule has 0 saturated carbocycles. The third-order valence-corrected chi connectivity index (χ3v) is 7.84. The first-order valence-electron chi connectivity index (χ1n) is 14.7. The van der Waals surface area contributed by atoms with Crippen LogP contribution in [0.4, 0.5) is 0 Å². The molecule has 0 N–H and O–H groups in total. The van der Waals surface area contributed by atoms with Crippen LogP contribution in [-0.4, -0.2) is 41.9 Å². The Hall–Kier alpha value is -3.63. The fraction of sp³-hybridized carbons (Fsp3) is 0.424. The molecule has 4 heterocycles. The van der Waals surface area contributed by atoms with Crippen LogP contribution in [0.15, 0.2) is 57.6 Å². The van der Waals surface area contributed by atoms with Crippen LogP contribution in [0.5, 0.6) is 0 Å². The van der Waals surface area contributed by atoms with E-state index in [1.54, 1.807) is 0 Å². The SMILES string of the molecule is Cc1noc(C(=O)c2onc(C)c2-c2ccccc2COC2CCCCO2)c1-c1ccccc1COC1CCCCO1. The highest BCUT2D eigenvalue weighted by molar-refractivity contribution is 6.13. The van der Waals surface area contributed by atoms with E-state index in [0.29, 0.717) is 48.9 Å². The lowest BCUT2D eigenvalue weighted by Crippen LogP contribution is -2.22. The van der Waals surface area contributed by atoms with E-state index >= 15 is 0 Å². The van der Waals surface area contributed by atoms with Crippen molar-refractivity contribution in [2.45, 2.75) is 78.2 Å². The van der Waals surface area contributed by atoms with Gasteiger partial charge in [0.25, 0.3) is 5.78 Å². The maximum Gasteiger partial charge on any atom is 0.270 e. The highest BCUT2D eigenvalue weighted by Gasteiger charge is 2.31. The molecule has 4 aromatic rings. The van der Waals surface area contributed by atoms with Crippen molar-refractivity contribution in [1.29, 1.82) is 0 Å². The van der Waals surface area contributed by atoms with Crippen molar-refractivity contribution < 1.29 is 32.8 Å². The number of ketones is 1. The average Bonchev–Trinajstić information content (AvgIpc) is 3.62. The number of aryl methyl sites for hydroxylation is 2. The quantitative estimate of drug-likeness (QED) is 0.187. The van der Waals surface area contributed by atoms with Crippen molar-refractivity contribution >= 4 is 5.78 Å². The Morgan fingerprint density at radius 2 is 1.17 bits per heavy atom. The van der Waals surface area contributed by atoms with Crippen LogP contribution < -0.4 is 0 Å². The second-order valence-corrected chi connectivity index (χ2v) is 10.8. The van der Waals surface area contributed by atoms with E-state index in [-0.39, 0.29) is 24.1 Å². The van der Waals surface area contributed by atoms with Gasteiger partial charge in [-0.1, -0.05) is 58.8 Å². The molecule has 2 saturated heterocycles. The number of carbonyl (C=O) groups is 1. The molecule has 2 aromatic carbocycles. The van der Waals surface area contributed by atoms with Gasteiger partial charge >= 0.3 is 0 Å². The summed E-state index contributed by atoms with van der Waals surface area (Å²) in [5.74, 6) is -0.245. The number of hydrogen-bond acceptors (Lipinski definition) is 9. The topological polar surface area (TPSA) is 106 Å². The predicted octanol–water partition coefficient (Wildman–Crippen LogP) is 6.93. The Morgan fingerprint density at radius 1 is 0.714 bits per heavy atom. The highest BCUT2D eigenvalue weighted by atomic mass is 16.7. The van der Waals surface area contributed by atoms with Crippen LogP contribution in [-0.2, 0) is 32.2 Å². The third-order valence-electron chi connectivity index (χ3n) is 7.84. The van der Waals surface area contributed by atoms with Gasteiger partial charge in [0.1, 0.15) is 0 Å². The molecule has 9 heteroatoms. The zero-order valence-electron chi connectivity index (χ0n) is 24.1. The van der Waals surface area contributed by atoms with Gasteiger partial charge in [0, 0.05) is 13.2 Å². The van der Waals surface area contributed by atoms with E-state index in [0.717, 1.165) is 60.8 Å². The number of hydrogen-bond donors (Lipinski definition) is 0. The van der Waals surface area contributed by atoms with Crippen LogP contribution in [0, 0.1) is 13.8 Å². The van der Waals surface area contributed by atoms with Crippen molar-refractivity contribution in [3.63, 3.8) is 0 Å². The van der Waals surface area contributed by atoms with E-state index in [2.05, 4.69) is 10.3 Å². The first-order chi connectivity index (χ1) is 20.6. The molecule has 2 aliphatic rings. The van der Waals surface area contributed by atoms with E-state index in [1.807, 2.05) is 62.4 Å². The number of nitrogens with zero attached hydrogens (tertiary/aromatic N) is 2. The van der Waals surface area contributed by atoms with Gasteiger partial charge in [-0.3, -0.25) is 4.79 Å². The number of aromatic nitrogens is 2. The molecule has 2 fully saturated rings. The summed E-state index contributed by atoms with van der Waals surface area (Å²) in [5.41, 5.74) is 5.85. The summed E-state index contributed by atoms with van der Waals surface area (Å²) < 4.78 is 35.0. The maximum absolute atomic E-state index is 14.1. The molecular weight excluding hydrogens is 536 g/mol. The molecule has 6 rings (SSSR count). The van der Waals surface area contributed by atoms with Gasteiger partial charge in [-0.05, 0) is 74.6 Å². The smallest absolute Gasteiger partial charge is 0.270 e. The molecule has 0 aliphatic carbocycles. The van der Waals surface area contributed by atoms with Gasteiger partial charge in [0.05, 0.1) is 35.7 Å². The predicted molar refractivity (Wildman–Crippen MR) is 154 cm³/mol. The lowest BCUT2D eigenvalue weighted by molar-refractivity contribution is -0.169. The molecule has 0 radical (unpaired) electrons. The van der Waals surface area contributed by atoms with Gasteiger partial charge in [-0.2, -0.15) is 0 Å². The second-order valence-electron chi connectivity index (χ2n) is 10.8. The van der Waals surface area contributed by atoms with E-state index in [4.69, 9.17) is 28.0 Å². The van der Waals surface area contributed by atoms with E-state index in [9.17, 15) is 4.79 Å². The standard InChI is InChI=1S/C33H36N2O7/c1-21-29(25-13-5-3-11-23(25)19-39-27-15-7-9-17-37-27)32(41-34-21)31(36)33-30(22(2)35-42-33)26-14-6-4-12-24(26)20-40-28-16-8-10-18-38-28/h3-6,11-14,27-28H,7-10,15-20H2,1-2H3. The third kappa shape index (κ3) is 6.10. The van der Waals surface area contributed by atoms with Crippen molar-refractivity contribution in [1.82, 2.24) is 10.3 Å². The molecule has 2 atom stereocenters. The summed E-state index contributed by atoms with van der Waals surface area (Å²) >= 11 is 0. The van der Waals surface area contributed by atoms with Crippen LogP contribution in [0.3, 0.4) is 0 Å². The van der Waals surface area contributed by atoms with E-state index in [1.165, 1.54) is 0 Å². The summed E-state index contributed by atoms with van der Waals surface area (Å²) in [6.45, 7) is 5.73. The second kappa shape index (κ2) is 13.1. The van der Waals surface area contributed by atoms with E-state index < -0.39 is 5.78 Å².